The molecule has 0 aliphatic carbocycles. The predicted molar refractivity (Wildman–Crippen MR) is 74.4 cm³/mol. The van der Waals surface area contributed by atoms with Gasteiger partial charge in [-0.3, -0.25) is 4.79 Å². The molecule has 1 atom stereocenters. The first kappa shape index (κ1) is 14.7. The SMILES string of the molecule is CCCC(=O)O[C@@H](C)c1ccc(CC(C)C)cc1. The molecule has 0 fully saturated rings. The average molecular weight is 248 g/mol. The third-order valence-electron chi connectivity index (χ3n) is 2.86. The van der Waals surface area contributed by atoms with E-state index in [0.717, 1.165) is 18.4 Å². The Morgan fingerprint density at radius 1 is 1.17 bits per heavy atom. The van der Waals surface area contributed by atoms with Gasteiger partial charge in [-0.25, -0.2) is 0 Å². The largest absolute Gasteiger partial charge is 0.458 e. The summed E-state index contributed by atoms with van der Waals surface area (Å²) in [6.45, 7) is 8.32. The third kappa shape index (κ3) is 4.91. The van der Waals surface area contributed by atoms with Crippen molar-refractivity contribution in [2.45, 2.75) is 53.1 Å². The Hall–Kier alpha value is -1.31. The maximum Gasteiger partial charge on any atom is 0.306 e. The van der Waals surface area contributed by atoms with E-state index in [9.17, 15) is 4.79 Å². The van der Waals surface area contributed by atoms with Crippen LogP contribution in [0.4, 0.5) is 0 Å². The van der Waals surface area contributed by atoms with Gasteiger partial charge < -0.3 is 4.74 Å². The molecule has 0 aromatic heterocycles. The Kier molecular flexibility index (Phi) is 5.90. The lowest BCUT2D eigenvalue weighted by Crippen LogP contribution is -2.08. The van der Waals surface area contributed by atoms with Crippen molar-refractivity contribution in [1.29, 1.82) is 0 Å². The Bertz CT molecular complexity index is 365. The second kappa shape index (κ2) is 7.20. The van der Waals surface area contributed by atoms with E-state index in [-0.39, 0.29) is 12.1 Å². The summed E-state index contributed by atoms with van der Waals surface area (Å²) in [5.74, 6) is 0.548. The van der Waals surface area contributed by atoms with E-state index >= 15 is 0 Å². The topological polar surface area (TPSA) is 26.3 Å². The highest BCUT2D eigenvalue weighted by Gasteiger charge is 2.10. The predicted octanol–water partition coefficient (Wildman–Crippen LogP) is 4.29. The van der Waals surface area contributed by atoms with Crippen molar-refractivity contribution in [3.63, 3.8) is 0 Å². The lowest BCUT2D eigenvalue weighted by atomic mass is 10.0. The zero-order valence-electron chi connectivity index (χ0n) is 11.9. The molecule has 0 N–H and O–H groups in total. The summed E-state index contributed by atoms with van der Waals surface area (Å²) in [6.07, 6.45) is 2.26. The van der Waals surface area contributed by atoms with Crippen LogP contribution in [0.3, 0.4) is 0 Å². The molecule has 18 heavy (non-hydrogen) atoms. The smallest absolute Gasteiger partial charge is 0.306 e. The molecule has 0 spiro atoms. The number of carbonyl (C=O) groups excluding carboxylic acids is 1. The zero-order chi connectivity index (χ0) is 13.5. The van der Waals surface area contributed by atoms with E-state index in [1.165, 1.54) is 5.56 Å². The van der Waals surface area contributed by atoms with Gasteiger partial charge in [0.2, 0.25) is 0 Å². The molecule has 0 amide bonds. The summed E-state index contributed by atoms with van der Waals surface area (Å²) < 4.78 is 5.36. The minimum absolute atomic E-state index is 0.115. The second-order valence-corrected chi connectivity index (χ2v) is 5.22. The van der Waals surface area contributed by atoms with E-state index in [0.29, 0.717) is 12.3 Å². The molecule has 0 radical (unpaired) electrons. The fourth-order valence-corrected chi connectivity index (χ4v) is 1.92. The van der Waals surface area contributed by atoms with E-state index in [4.69, 9.17) is 4.74 Å². The first-order valence-corrected chi connectivity index (χ1v) is 6.81. The van der Waals surface area contributed by atoms with E-state index in [1.807, 2.05) is 13.8 Å². The van der Waals surface area contributed by atoms with Gasteiger partial charge in [0.1, 0.15) is 6.10 Å². The van der Waals surface area contributed by atoms with E-state index < -0.39 is 0 Å². The number of carbonyl (C=O) groups is 1. The highest BCUT2D eigenvalue weighted by molar-refractivity contribution is 5.69. The average Bonchev–Trinajstić information content (AvgIpc) is 2.29. The van der Waals surface area contributed by atoms with Gasteiger partial charge in [0.05, 0.1) is 0 Å². The van der Waals surface area contributed by atoms with Crippen LogP contribution in [0.1, 0.15) is 57.8 Å². The van der Waals surface area contributed by atoms with Crippen LogP contribution in [0.2, 0.25) is 0 Å². The maximum absolute atomic E-state index is 11.4. The van der Waals surface area contributed by atoms with Gasteiger partial charge in [0, 0.05) is 6.42 Å². The van der Waals surface area contributed by atoms with Crippen LogP contribution in [0.15, 0.2) is 24.3 Å². The molecule has 0 heterocycles. The van der Waals surface area contributed by atoms with E-state index in [1.54, 1.807) is 0 Å². The summed E-state index contributed by atoms with van der Waals surface area (Å²) in [7, 11) is 0. The van der Waals surface area contributed by atoms with Crippen molar-refractivity contribution >= 4 is 5.97 Å². The number of benzene rings is 1. The zero-order valence-corrected chi connectivity index (χ0v) is 11.9. The summed E-state index contributed by atoms with van der Waals surface area (Å²) in [6, 6.07) is 8.36. The van der Waals surface area contributed by atoms with Crippen LogP contribution in [0, 0.1) is 5.92 Å². The van der Waals surface area contributed by atoms with Crippen molar-refractivity contribution in [3.05, 3.63) is 35.4 Å². The Morgan fingerprint density at radius 2 is 1.78 bits per heavy atom. The Morgan fingerprint density at radius 3 is 2.28 bits per heavy atom. The molecule has 100 valence electrons. The number of ether oxygens (including phenoxy) is 1. The lowest BCUT2D eigenvalue weighted by Gasteiger charge is -2.14. The molecule has 0 saturated carbocycles. The van der Waals surface area contributed by atoms with Crippen LogP contribution in [0.5, 0.6) is 0 Å². The molecular formula is C16H24O2. The molecule has 1 rings (SSSR count). The number of hydrogen-bond donors (Lipinski definition) is 0. The Balaban J connectivity index is 2.58. The standard InChI is InChI=1S/C16H24O2/c1-5-6-16(17)18-13(4)15-9-7-14(8-10-15)11-12(2)3/h7-10,12-13H,5-6,11H2,1-4H3/t13-/m0/s1. The maximum atomic E-state index is 11.4. The molecular weight excluding hydrogens is 224 g/mol. The molecule has 0 bridgehead atoms. The van der Waals surface area contributed by atoms with Crippen molar-refractivity contribution in [2.75, 3.05) is 0 Å². The fourth-order valence-electron chi connectivity index (χ4n) is 1.92. The fraction of sp³-hybridized carbons (Fsp3) is 0.562. The molecule has 1 aromatic carbocycles. The normalized spacial score (nSPS) is 12.5. The molecule has 2 heteroatoms. The van der Waals surface area contributed by atoms with Gasteiger partial charge in [0.15, 0.2) is 0 Å². The van der Waals surface area contributed by atoms with Gasteiger partial charge >= 0.3 is 5.97 Å². The van der Waals surface area contributed by atoms with Gasteiger partial charge in [-0.1, -0.05) is 45.0 Å². The molecule has 1 aromatic rings. The van der Waals surface area contributed by atoms with Gasteiger partial charge in [-0.05, 0) is 36.8 Å². The quantitative estimate of drug-likeness (QED) is 0.702. The van der Waals surface area contributed by atoms with Crippen LogP contribution >= 0.6 is 0 Å². The van der Waals surface area contributed by atoms with Crippen molar-refractivity contribution < 1.29 is 9.53 Å². The highest BCUT2D eigenvalue weighted by atomic mass is 16.5. The molecule has 0 saturated heterocycles. The van der Waals surface area contributed by atoms with Crippen molar-refractivity contribution in [1.82, 2.24) is 0 Å². The van der Waals surface area contributed by atoms with Crippen LogP contribution < -0.4 is 0 Å². The number of rotatable bonds is 6. The molecule has 0 unspecified atom stereocenters. The summed E-state index contributed by atoms with van der Waals surface area (Å²) in [5, 5.41) is 0. The van der Waals surface area contributed by atoms with Crippen molar-refractivity contribution in [2.24, 2.45) is 5.92 Å². The second-order valence-electron chi connectivity index (χ2n) is 5.22. The van der Waals surface area contributed by atoms with Crippen molar-refractivity contribution in [3.8, 4) is 0 Å². The molecule has 0 aliphatic heterocycles. The van der Waals surface area contributed by atoms with Gasteiger partial charge in [-0.15, -0.1) is 0 Å². The van der Waals surface area contributed by atoms with E-state index in [2.05, 4.69) is 38.1 Å². The lowest BCUT2D eigenvalue weighted by molar-refractivity contribution is -0.148. The molecule has 0 aliphatic rings. The molecule has 2 nitrogen and oxygen atoms in total. The number of hydrogen-bond acceptors (Lipinski definition) is 2. The monoisotopic (exact) mass is 248 g/mol. The van der Waals surface area contributed by atoms with Crippen LogP contribution in [0.25, 0.3) is 0 Å². The van der Waals surface area contributed by atoms with Crippen LogP contribution in [-0.4, -0.2) is 5.97 Å². The minimum atomic E-state index is -0.155. The minimum Gasteiger partial charge on any atom is -0.458 e. The summed E-state index contributed by atoms with van der Waals surface area (Å²) in [4.78, 5) is 11.4. The van der Waals surface area contributed by atoms with Gasteiger partial charge in [0.25, 0.3) is 0 Å². The Labute approximate surface area is 110 Å². The first-order chi connectivity index (χ1) is 8.52. The number of esters is 1. The van der Waals surface area contributed by atoms with Crippen LogP contribution in [-0.2, 0) is 16.0 Å². The summed E-state index contributed by atoms with van der Waals surface area (Å²) >= 11 is 0. The summed E-state index contributed by atoms with van der Waals surface area (Å²) in [5.41, 5.74) is 2.40. The van der Waals surface area contributed by atoms with Gasteiger partial charge in [-0.2, -0.15) is 0 Å². The third-order valence-corrected chi connectivity index (χ3v) is 2.86. The highest BCUT2D eigenvalue weighted by Crippen LogP contribution is 2.19. The first-order valence-electron chi connectivity index (χ1n) is 6.81.